The summed E-state index contributed by atoms with van der Waals surface area (Å²) in [6.45, 7) is 31.4. The quantitative estimate of drug-likeness (QED) is 0.00807. The van der Waals surface area contributed by atoms with Gasteiger partial charge in [0.2, 0.25) is 0 Å². The molecule has 0 aromatic rings. The Kier molecular flexibility index (Phi) is 73.5. The first-order valence-corrected chi connectivity index (χ1v) is 46.7. The minimum Gasteiger partial charge on any atom is -1.00 e. The predicted octanol–water partition coefficient (Wildman–Crippen LogP) is 14.3. The second kappa shape index (κ2) is 63.0. The van der Waals surface area contributed by atoms with Gasteiger partial charge >= 0.3 is 320 Å². The van der Waals surface area contributed by atoms with Crippen molar-refractivity contribution >= 4 is 382 Å². The van der Waals surface area contributed by atoms with Crippen LogP contribution in [0.25, 0.3) is 0 Å². The number of hydrogen-bond donors (Lipinski definition) is 3. The van der Waals surface area contributed by atoms with Crippen LogP contribution in [0.3, 0.4) is 0 Å². The van der Waals surface area contributed by atoms with E-state index in [1.807, 2.05) is 45.9 Å². The molecule has 15 atom stereocenters. The zero-order valence-electron chi connectivity index (χ0n) is 68.0. The minimum atomic E-state index is -3.47. The Hall–Kier alpha value is 9.90. The van der Waals surface area contributed by atoms with Gasteiger partial charge in [0.15, 0.2) is 16.6 Å². The summed E-state index contributed by atoms with van der Waals surface area (Å²) >= 11 is 12.9. The molecule has 6 heterocycles. The summed E-state index contributed by atoms with van der Waals surface area (Å²) in [5.74, 6) is 1.48. The van der Waals surface area contributed by atoms with Crippen LogP contribution in [-0.4, -0.2) is 455 Å². The van der Waals surface area contributed by atoms with Crippen molar-refractivity contribution < 1.29 is 113 Å². The Morgan fingerprint density at radius 3 is 1.33 bits per heavy atom. The molecule has 37 heteroatoms. The van der Waals surface area contributed by atoms with Crippen molar-refractivity contribution in [2.24, 2.45) is 0 Å². The number of ether oxygens (including phenoxy) is 7. The molecule has 6 fully saturated rings. The summed E-state index contributed by atoms with van der Waals surface area (Å²) < 4.78 is 127. The van der Waals surface area contributed by atoms with Crippen LogP contribution in [0.2, 0.25) is 36.3 Å². The minimum absolute atomic E-state index is 0. The molecule has 0 aromatic heterocycles. The fourth-order valence-electron chi connectivity index (χ4n) is 8.40. The van der Waals surface area contributed by atoms with Crippen molar-refractivity contribution in [2.45, 2.75) is 256 Å². The Balaban J connectivity index is -0.000000124. The summed E-state index contributed by atoms with van der Waals surface area (Å²) in [6.07, 6.45) is 14.7. The Morgan fingerprint density at radius 1 is 0.622 bits per heavy atom. The molecule has 554 valence electrons. The summed E-state index contributed by atoms with van der Waals surface area (Å²) in [7, 11) is -4.87. The molecule has 0 radical (unpaired) electrons. The van der Waals surface area contributed by atoms with Crippen molar-refractivity contribution in [2.75, 3.05) is 51.0 Å². The molecule has 6 saturated heterocycles. The van der Waals surface area contributed by atoms with Crippen molar-refractivity contribution in [3.8, 4) is 0 Å². The summed E-state index contributed by atoms with van der Waals surface area (Å²) in [5.41, 5.74) is 0. The van der Waals surface area contributed by atoms with Crippen LogP contribution < -0.4 is 0 Å². The zero-order chi connectivity index (χ0) is 69.9. The first-order chi connectivity index (χ1) is 43.7. The van der Waals surface area contributed by atoms with Gasteiger partial charge in [-0.3, -0.25) is 27.3 Å². The van der Waals surface area contributed by atoms with Gasteiger partial charge in [0, 0.05) is 48.7 Å². The molecule has 0 aromatic carbocycles. The van der Waals surface area contributed by atoms with Crippen LogP contribution in [0, 0.1) is 39.6 Å². The molecule has 6 aliphatic rings. The van der Waals surface area contributed by atoms with E-state index in [2.05, 4.69) is 78.5 Å². The van der Waals surface area contributed by atoms with E-state index in [1.165, 1.54) is 31.2 Å². The van der Waals surface area contributed by atoms with E-state index in [4.69, 9.17) is 89.2 Å². The first kappa shape index (κ1) is 114. The number of esters is 1. The molecule has 0 amide bonds. The topological polar surface area (TPSA) is 250 Å². The predicted molar refractivity (Wildman–Crippen MR) is 413 cm³/mol. The molecule has 6 rings (SSSR count). The van der Waals surface area contributed by atoms with E-state index >= 15 is 0 Å². The summed E-state index contributed by atoms with van der Waals surface area (Å²) in [4.78, 5) is 20.5. The number of hydrogen-bond acceptors (Lipinski definition) is 23. The van der Waals surface area contributed by atoms with Crippen molar-refractivity contribution in [3.63, 3.8) is 0 Å². The van der Waals surface area contributed by atoms with Crippen molar-refractivity contribution in [1.82, 2.24) is 0 Å². The summed E-state index contributed by atoms with van der Waals surface area (Å²) in [5, 5.41) is 19.3. The second-order valence-electron chi connectivity index (χ2n) is 24.9. The Morgan fingerprint density at radius 2 is 0.969 bits per heavy atom. The molecular weight excluding hydrogens is 2190 g/mol. The maximum Gasteiger partial charge on any atom is 2.00 e. The smallest absolute Gasteiger partial charge is 1.00 e. The van der Waals surface area contributed by atoms with E-state index in [9.17, 15) is 33.4 Å². The Bertz CT molecular complexity index is 2360. The van der Waals surface area contributed by atoms with Crippen LogP contribution in [0.4, 0.5) is 4.39 Å². The molecule has 3 N–H and O–H groups in total. The Labute approximate surface area is 861 Å². The number of aliphatic hydroxyl groups excluding tert-OH is 2. The number of rotatable bonds is 33. The van der Waals surface area contributed by atoms with Gasteiger partial charge in [-0.25, -0.2) is 48.8 Å². The third-order valence-corrected chi connectivity index (χ3v) is 34.1. The third kappa shape index (κ3) is 47.3. The molecule has 98 heavy (non-hydrogen) atoms. The average molecular weight is 2310 g/mol. The maximum atomic E-state index is 13.6. The van der Waals surface area contributed by atoms with Crippen LogP contribution in [0.5, 0.6) is 0 Å². The monoisotopic (exact) mass is 2310 g/mol. The fourth-order valence-corrected chi connectivity index (χ4v) is 19.6. The summed E-state index contributed by atoms with van der Waals surface area (Å²) in [6, 6.07) is 0. The van der Waals surface area contributed by atoms with Crippen LogP contribution in [-0.2, 0) is 94.9 Å². The van der Waals surface area contributed by atoms with Gasteiger partial charge in [0.1, 0.15) is 0 Å². The molecular formula is C61H117Ba6ClFO21P3S3Si2. The number of carbonyl (C=O) groups is 1. The fraction of sp³-hybridized carbons (Fsp3) is 0.787. The molecule has 0 aliphatic carbocycles. The second-order valence-corrected chi connectivity index (χ2v) is 45.9. The molecule has 0 saturated carbocycles. The van der Waals surface area contributed by atoms with Crippen molar-refractivity contribution in [3.05, 3.63) is 76.3 Å². The maximum absolute atomic E-state index is 13.6. The third-order valence-electron chi connectivity index (χ3n) is 15.7. The van der Waals surface area contributed by atoms with E-state index in [1.54, 1.807) is 39.1 Å². The molecule has 0 spiro atoms. The number of alkyl halides is 2. The van der Waals surface area contributed by atoms with E-state index in [0.29, 0.717) is 55.9 Å². The molecule has 0 bridgehead atoms. The van der Waals surface area contributed by atoms with Gasteiger partial charge in [0.25, 0.3) is 0 Å². The number of aliphatic hydroxyl groups is 2. The molecule has 21 nitrogen and oxygen atoms in total. The molecule has 6 aliphatic heterocycles. The van der Waals surface area contributed by atoms with Crippen LogP contribution >= 0.6 is 54.7 Å². The number of halogens is 2. The number of carbonyl (C=O) groups excluding carboxylic acids is 1. The van der Waals surface area contributed by atoms with E-state index in [-0.39, 0.29) is 393 Å². The van der Waals surface area contributed by atoms with Crippen molar-refractivity contribution in [1.29, 1.82) is 0 Å². The molecule has 7 unspecified atom stereocenters. The zero-order valence-corrected chi connectivity index (χ0v) is 95.6. The van der Waals surface area contributed by atoms with Gasteiger partial charge in [-0.1, -0.05) is 79.7 Å². The van der Waals surface area contributed by atoms with Gasteiger partial charge in [-0.05, 0) is 123 Å². The normalized spacial score (nSPS) is 27.3. The van der Waals surface area contributed by atoms with Gasteiger partial charge in [-0.2, -0.15) is 0 Å². The van der Waals surface area contributed by atoms with Gasteiger partial charge < -0.3 is 74.7 Å². The first-order valence-electron chi connectivity index (χ1n) is 32.2. The van der Waals surface area contributed by atoms with E-state index in [0.717, 1.165) is 43.5 Å². The van der Waals surface area contributed by atoms with Crippen LogP contribution in [0.15, 0.2) is 36.6 Å². The largest absolute Gasteiger partial charge is 2.00 e. The van der Waals surface area contributed by atoms with Crippen LogP contribution in [0.1, 0.15) is 157 Å². The average Bonchev–Trinajstić information content (AvgIpc) is 1.81. The standard InChI is InChI=1S/C22H41O6PSSi.C17H33O6PSSi.C15H25O7PS.C6H9ClO2.CH3F.6Ba.6H/c1-8-10-11-16-30-29(23,27-19-12-14-24-18(19)9-2)26-17-21-20(13-15-25-21)28-31(6,7)22(3,4)5;1-7-13-14(8-10-19-13)22-24(18,25)21-12-16-15(9-11-20-16)23-26(5,6)17(2,3)4;1-2-3-4-9-24-23(18,21-11-15-12(17)5-7-20-15)22-13-6-8-19-14(13)10-16;1-6(8)9-5-3-2-4-7;1-2;;;;;;;;;;;;/h8,10,14-15,18-21H,9,11-13,16-17H2,1-7H3;10-11,13-16H,7-9,12H2,1-6H3,(H,18,25);2-3,7-8,12-17H,4-6,9-11H2,1H3;3,5H,2,4H2,1H3;1H3;;;;;;;;;;;;/q3*-2;;;6*+2;6*-1/b10-8+;;3-2+;5-3+;;;;;;;;;;;;;/t18-,19?,20?,21-,29+;13-,14?,15?,16-,24?;12?,13?,14-,15-,23+;;;;;;;;;;;;;;/m111............../s1/i;;;;1D;;;;;;;;;;;;. The van der Waals surface area contributed by atoms with Gasteiger partial charge in [-0.15, -0.1) is 50.1 Å². The van der Waals surface area contributed by atoms with Gasteiger partial charge in [0.05, 0.1) is 90.0 Å². The van der Waals surface area contributed by atoms with E-state index < -0.39 is 68.5 Å². The number of allylic oxidation sites excluding steroid dienone is 5. The SMILES string of the molecule is C/C=C/CCS[P@@](=O)(OC[C@H]1O[CH-]CC1O)OC1C[CH-]O[C@@H]1CO.C/C=C/CCS[P@@](=O)(OC[C@H]1O[CH-]CC1O[Si](C)(C)C(C)(C)C)OC1C[CH-]O[C@@H]1CC.CC(=O)O/C=C/CCCl.CC[C@H]1O[CH-]CC1OP(O)(=S)OC[C@H]1O[CH-]CC1O[Si](C)(C)C(C)(C)C.[2H]CF.[Ba+2].[Ba+2].[Ba+2].[Ba+2].[Ba+2].[Ba+2].[H-].[H-].[H-].[H-].[H-].[H-].